The molecule has 3 aromatic heterocycles. The maximum atomic E-state index is 10.6. The summed E-state index contributed by atoms with van der Waals surface area (Å²) >= 11 is 0. The lowest BCUT2D eigenvalue weighted by molar-refractivity contribution is 0.0927. The molecule has 124 valence electrons. The monoisotopic (exact) mass is 324 g/mol. The normalized spacial score (nSPS) is 17.3. The van der Waals surface area contributed by atoms with E-state index in [1.165, 1.54) is 0 Å². The first kappa shape index (κ1) is 15.0. The Morgan fingerprint density at radius 2 is 2.12 bits per heavy atom. The summed E-state index contributed by atoms with van der Waals surface area (Å²) in [5.74, 6) is 0.252. The summed E-state index contributed by atoms with van der Waals surface area (Å²) < 4.78 is 1.72. The van der Waals surface area contributed by atoms with Crippen molar-refractivity contribution in [3.63, 3.8) is 0 Å². The van der Waals surface area contributed by atoms with E-state index in [0.717, 1.165) is 48.5 Å². The summed E-state index contributed by atoms with van der Waals surface area (Å²) in [6, 6.07) is 5.87. The Kier molecular flexibility index (Phi) is 3.86. The Labute approximate surface area is 140 Å². The number of pyridine rings is 1. The highest BCUT2D eigenvalue weighted by Crippen LogP contribution is 2.33. The number of anilines is 1. The standard InChI is InChI=1S/C17H20N6O/c1-12-9-15(17-20-19-11-23(17)21-12)22-7-4-13(5-8-22)16(24)14-3-2-6-18-10-14/h2-3,6,9-11,13,16,24H,4-5,7-8H2,1H3. The zero-order chi connectivity index (χ0) is 16.5. The molecule has 0 saturated carbocycles. The number of hydrogen-bond acceptors (Lipinski definition) is 6. The van der Waals surface area contributed by atoms with Crippen molar-refractivity contribution in [2.45, 2.75) is 25.9 Å². The van der Waals surface area contributed by atoms with Gasteiger partial charge in [-0.3, -0.25) is 4.98 Å². The molecule has 7 nitrogen and oxygen atoms in total. The molecular weight excluding hydrogens is 304 g/mol. The highest BCUT2D eigenvalue weighted by molar-refractivity contribution is 5.68. The average molecular weight is 324 g/mol. The molecule has 1 fully saturated rings. The van der Waals surface area contributed by atoms with E-state index < -0.39 is 6.10 Å². The second-order valence-electron chi connectivity index (χ2n) is 6.33. The second kappa shape index (κ2) is 6.16. The van der Waals surface area contributed by atoms with Gasteiger partial charge in [0.2, 0.25) is 5.65 Å². The van der Waals surface area contributed by atoms with E-state index in [1.54, 1.807) is 23.2 Å². The fourth-order valence-electron chi connectivity index (χ4n) is 3.44. The predicted octanol–water partition coefficient (Wildman–Crippen LogP) is 1.78. The number of aryl methyl sites for hydroxylation is 1. The molecule has 1 unspecified atom stereocenters. The molecular formula is C17H20N6O. The van der Waals surface area contributed by atoms with E-state index in [1.807, 2.05) is 19.1 Å². The first-order valence-electron chi connectivity index (χ1n) is 8.23. The molecule has 4 heterocycles. The number of aliphatic hydroxyl groups excluding tert-OH is 1. The molecule has 24 heavy (non-hydrogen) atoms. The fourth-order valence-corrected chi connectivity index (χ4v) is 3.44. The summed E-state index contributed by atoms with van der Waals surface area (Å²) in [7, 11) is 0. The van der Waals surface area contributed by atoms with Gasteiger partial charge in [0, 0.05) is 25.5 Å². The zero-order valence-electron chi connectivity index (χ0n) is 13.6. The van der Waals surface area contributed by atoms with Crippen molar-refractivity contribution in [2.24, 2.45) is 5.92 Å². The van der Waals surface area contributed by atoms with Crippen LogP contribution in [0.2, 0.25) is 0 Å². The van der Waals surface area contributed by atoms with Crippen molar-refractivity contribution in [1.82, 2.24) is 24.8 Å². The smallest absolute Gasteiger partial charge is 0.200 e. The number of hydrogen-bond donors (Lipinski definition) is 1. The van der Waals surface area contributed by atoms with Gasteiger partial charge in [-0.05, 0) is 43.4 Å². The number of aliphatic hydroxyl groups is 1. The minimum absolute atomic E-state index is 0.252. The highest BCUT2D eigenvalue weighted by atomic mass is 16.3. The van der Waals surface area contributed by atoms with Crippen LogP contribution in [-0.2, 0) is 0 Å². The molecule has 0 spiro atoms. The molecule has 7 heteroatoms. The van der Waals surface area contributed by atoms with Gasteiger partial charge in [-0.1, -0.05) is 6.07 Å². The van der Waals surface area contributed by atoms with Crippen LogP contribution >= 0.6 is 0 Å². The topological polar surface area (TPSA) is 79.4 Å². The first-order chi connectivity index (χ1) is 11.7. The van der Waals surface area contributed by atoms with Crippen molar-refractivity contribution < 1.29 is 5.11 Å². The minimum Gasteiger partial charge on any atom is -0.388 e. The van der Waals surface area contributed by atoms with Crippen LogP contribution in [0.15, 0.2) is 36.9 Å². The quantitative estimate of drug-likeness (QED) is 0.791. The van der Waals surface area contributed by atoms with Crippen LogP contribution in [-0.4, -0.2) is 43.0 Å². The first-order valence-corrected chi connectivity index (χ1v) is 8.23. The van der Waals surface area contributed by atoms with Gasteiger partial charge in [0.05, 0.1) is 17.5 Å². The Bertz CT molecular complexity index is 825. The number of rotatable bonds is 3. The lowest BCUT2D eigenvalue weighted by Crippen LogP contribution is -2.36. The molecule has 1 atom stereocenters. The van der Waals surface area contributed by atoms with Crippen LogP contribution in [0.5, 0.6) is 0 Å². The molecule has 1 aliphatic rings. The molecule has 1 N–H and O–H groups in total. The maximum absolute atomic E-state index is 10.6. The third kappa shape index (κ3) is 2.71. The van der Waals surface area contributed by atoms with E-state index in [2.05, 4.69) is 31.2 Å². The van der Waals surface area contributed by atoms with Crippen molar-refractivity contribution >= 4 is 11.3 Å². The van der Waals surface area contributed by atoms with Crippen LogP contribution in [0, 0.1) is 12.8 Å². The minimum atomic E-state index is -0.451. The predicted molar refractivity (Wildman–Crippen MR) is 89.7 cm³/mol. The molecule has 3 aromatic rings. The van der Waals surface area contributed by atoms with Gasteiger partial charge in [-0.15, -0.1) is 10.2 Å². The number of piperidine rings is 1. The number of aromatic nitrogens is 5. The van der Waals surface area contributed by atoms with Gasteiger partial charge in [0.1, 0.15) is 6.33 Å². The van der Waals surface area contributed by atoms with Crippen LogP contribution in [0.1, 0.15) is 30.2 Å². The van der Waals surface area contributed by atoms with Crippen LogP contribution < -0.4 is 4.90 Å². The lowest BCUT2D eigenvalue weighted by Gasteiger charge is -2.35. The van der Waals surface area contributed by atoms with Crippen molar-refractivity contribution in [3.8, 4) is 0 Å². The van der Waals surface area contributed by atoms with Crippen LogP contribution in [0.4, 0.5) is 5.69 Å². The van der Waals surface area contributed by atoms with Gasteiger partial charge in [-0.2, -0.15) is 9.61 Å². The fraction of sp³-hybridized carbons (Fsp3) is 0.412. The Morgan fingerprint density at radius 1 is 1.29 bits per heavy atom. The van der Waals surface area contributed by atoms with Gasteiger partial charge in [0.15, 0.2) is 0 Å². The highest BCUT2D eigenvalue weighted by Gasteiger charge is 2.27. The van der Waals surface area contributed by atoms with E-state index in [-0.39, 0.29) is 5.92 Å². The van der Waals surface area contributed by atoms with E-state index in [0.29, 0.717) is 0 Å². The second-order valence-corrected chi connectivity index (χ2v) is 6.33. The summed E-state index contributed by atoms with van der Waals surface area (Å²) in [4.78, 5) is 6.42. The van der Waals surface area contributed by atoms with Crippen molar-refractivity contribution in [1.29, 1.82) is 0 Å². The largest absolute Gasteiger partial charge is 0.388 e. The summed E-state index contributed by atoms with van der Waals surface area (Å²) in [5, 5.41) is 23.1. The van der Waals surface area contributed by atoms with Gasteiger partial charge < -0.3 is 10.0 Å². The maximum Gasteiger partial charge on any atom is 0.200 e. The molecule has 0 radical (unpaired) electrons. The lowest BCUT2D eigenvalue weighted by atomic mass is 9.88. The van der Waals surface area contributed by atoms with Gasteiger partial charge in [0.25, 0.3) is 0 Å². The van der Waals surface area contributed by atoms with Gasteiger partial charge >= 0.3 is 0 Å². The van der Waals surface area contributed by atoms with Gasteiger partial charge in [-0.25, -0.2) is 0 Å². The SMILES string of the molecule is Cc1cc(N2CCC(C(O)c3cccnc3)CC2)c2nncn2n1. The molecule has 4 rings (SSSR count). The van der Waals surface area contributed by atoms with Crippen LogP contribution in [0.25, 0.3) is 5.65 Å². The molecule has 0 aromatic carbocycles. The van der Waals surface area contributed by atoms with E-state index in [4.69, 9.17) is 0 Å². The molecule has 0 amide bonds. The number of fused-ring (bicyclic) bond motifs is 1. The Balaban J connectivity index is 1.51. The molecule has 1 saturated heterocycles. The molecule has 0 aliphatic carbocycles. The third-order valence-electron chi connectivity index (χ3n) is 4.72. The Hall–Kier alpha value is -2.54. The zero-order valence-corrected chi connectivity index (χ0v) is 13.6. The average Bonchev–Trinajstić information content (AvgIpc) is 3.09. The Morgan fingerprint density at radius 3 is 2.88 bits per heavy atom. The van der Waals surface area contributed by atoms with Crippen molar-refractivity contribution in [2.75, 3.05) is 18.0 Å². The summed E-state index contributed by atoms with van der Waals surface area (Å²) in [6.07, 6.45) is 6.52. The molecule has 0 bridgehead atoms. The molecule has 1 aliphatic heterocycles. The number of nitrogens with zero attached hydrogens (tertiary/aromatic N) is 6. The van der Waals surface area contributed by atoms with Crippen LogP contribution in [0.3, 0.4) is 0 Å². The van der Waals surface area contributed by atoms with E-state index >= 15 is 0 Å². The van der Waals surface area contributed by atoms with E-state index in [9.17, 15) is 5.11 Å². The third-order valence-corrected chi connectivity index (χ3v) is 4.72. The summed E-state index contributed by atoms with van der Waals surface area (Å²) in [6.45, 7) is 3.74. The summed E-state index contributed by atoms with van der Waals surface area (Å²) in [5.41, 5.74) is 3.69. The van der Waals surface area contributed by atoms with Crippen molar-refractivity contribution in [3.05, 3.63) is 48.2 Å².